The first-order valence-corrected chi connectivity index (χ1v) is 7.45. The molecule has 11 heteroatoms. The van der Waals surface area contributed by atoms with Crippen LogP contribution >= 0.6 is 0 Å². The van der Waals surface area contributed by atoms with Gasteiger partial charge in [-0.1, -0.05) is 12.1 Å². The molecule has 0 heterocycles. The molecule has 0 radical (unpaired) electrons. The Labute approximate surface area is 154 Å². The molecule has 0 fully saturated rings. The molecular formula is C17H12F4N2O5. The Hall–Kier alpha value is -3.63. The number of amides is 2. The van der Waals surface area contributed by atoms with Gasteiger partial charge in [0.05, 0.1) is 22.4 Å². The molecule has 0 unspecified atom stereocenters. The van der Waals surface area contributed by atoms with Crippen molar-refractivity contribution in [3.05, 3.63) is 59.2 Å². The van der Waals surface area contributed by atoms with Gasteiger partial charge in [-0.25, -0.2) is 4.79 Å². The molecule has 28 heavy (non-hydrogen) atoms. The zero-order valence-corrected chi connectivity index (χ0v) is 13.8. The molecule has 0 spiro atoms. The molecule has 0 atom stereocenters. The fourth-order valence-electron chi connectivity index (χ4n) is 2.12. The first kappa shape index (κ1) is 20.7. The van der Waals surface area contributed by atoms with Gasteiger partial charge in [-0.2, -0.15) is 17.6 Å². The molecule has 0 aliphatic rings. The Morgan fingerprint density at radius 1 is 1.07 bits per heavy atom. The van der Waals surface area contributed by atoms with Crippen LogP contribution in [0.5, 0.6) is 5.75 Å². The van der Waals surface area contributed by atoms with Gasteiger partial charge in [0.1, 0.15) is 5.75 Å². The van der Waals surface area contributed by atoms with E-state index < -0.39 is 41.6 Å². The lowest BCUT2D eigenvalue weighted by Gasteiger charge is -2.19. The number of benzene rings is 2. The van der Waals surface area contributed by atoms with Crippen LogP contribution in [-0.4, -0.2) is 35.4 Å². The van der Waals surface area contributed by atoms with Gasteiger partial charge >= 0.3 is 18.5 Å². The van der Waals surface area contributed by atoms with Gasteiger partial charge in [-0.05, 0) is 30.3 Å². The molecule has 0 saturated heterocycles. The van der Waals surface area contributed by atoms with Crippen molar-refractivity contribution in [3.63, 3.8) is 0 Å². The van der Waals surface area contributed by atoms with Gasteiger partial charge < -0.3 is 20.9 Å². The van der Waals surface area contributed by atoms with Crippen LogP contribution in [0.15, 0.2) is 42.5 Å². The minimum atomic E-state index is -4.80. The normalized spacial score (nSPS) is 11.2. The average Bonchev–Trinajstić information content (AvgIpc) is 2.62. The number of rotatable bonds is 7. The van der Waals surface area contributed by atoms with Gasteiger partial charge in [-0.15, -0.1) is 0 Å². The number of anilines is 1. The van der Waals surface area contributed by atoms with Crippen molar-refractivity contribution in [1.82, 2.24) is 0 Å². The van der Waals surface area contributed by atoms with Crippen LogP contribution in [0.2, 0.25) is 0 Å². The fourth-order valence-corrected chi connectivity index (χ4v) is 2.12. The summed E-state index contributed by atoms with van der Waals surface area (Å²) in [7, 11) is 0. The minimum absolute atomic E-state index is 0.314. The number of carboxylic acids is 1. The van der Waals surface area contributed by atoms with E-state index in [1.165, 1.54) is 12.1 Å². The highest BCUT2D eigenvalue weighted by molar-refractivity contribution is 6.13. The largest absolute Gasteiger partial charge is 0.478 e. The average molecular weight is 400 g/mol. The van der Waals surface area contributed by atoms with E-state index in [4.69, 9.17) is 10.8 Å². The standard InChI is InChI=1S/C17H12F4N2O5/c18-16(19)17(20,21)28-12-4-2-1-3-11(12)23-14(25)9-6-5-8(15(26)27)7-10(9)13(22)24/h1-7,16H,(H2,22,24)(H,23,25)(H,26,27). The van der Waals surface area contributed by atoms with Crippen molar-refractivity contribution in [3.8, 4) is 5.75 Å². The number of halogens is 4. The van der Waals surface area contributed by atoms with Crippen LogP contribution in [0.4, 0.5) is 23.2 Å². The van der Waals surface area contributed by atoms with Crippen LogP contribution in [0, 0.1) is 0 Å². The molecule has 0 bridgehead atoms. The molecule has 0 aromatic heterocycles. The van der Waals surface area contributed by atoms with Crippen LogP contribution in [-0.2, 0) is 0 Å². The molecule has 7 nitrogen and oxygen atoms in total. The number of aromatic carboxylic acids is 1. The van der Waals surface area contributed by atoms with Crippen molar-refractivity contribution >= 4 is 23.5 Å². The molecule has 4 N–H and O–H groups in total. The predicted molar refractivity (Wildman–Crippen MR) is 87.9 cm³/mol. The summed E-state index contributed by atoms with van der Waals surface area (Å²) in [6.45, 7) is 0. The van der Waals surface area contributed by atoms with E-state index >= 15 is 0 Å². The van der Waals surface area contributed by atoms with E-state index in [-0.39, 0.29) is 16.8 Å². The molecule has 0 aliphatic heterocycles. The molecule has 0 aliphatic carbocycles. The van der Waals surface area contributed by atoms with Crippen LogP contribution in [0.3, 0.4) is 0 Å². The van der Waals surface area contributed by atoms with Gasteiger partial charge in [0, 0.05) is 0 Å². The zero-order valence-electron chi connectivity index (χ0n) is 13.8. The van der Waals surface area contributed by atoms with E-state index in [9.17, 15) is 31.9 Å². The molecule has 0 saturated carbocycles. The lowest BCUT2D eigenvalue weighted by molar-refractivity contribution is -0.252. The highest BCUT2D eigenvalue weighted by atomic mass is 19.3. The van der Waals surface area contributed by atoms with E-state index in [0.29, 0.717) is 0 Å². The van der Waals surface area contributed by atoms with Crippen molar-refractivity contribution in [2.75, 3.05) is 5.32 Å². The molecule has 2 rings (SSSR count). The maximum absolute atomic E-state index is 13.2. The smallest absolute Gasteiger partial charge is 0.461 e. The van der Waals surface area contributed by atoms with Crippen molar-refractivity contribution in [2.45, 2.75) is 12.5 Å². The number of carbonyl (C=O) groups is 3. The number of carbonyl (C=O) groups excluding carboxylic acids is 2. The number of carboxylic acid groups (broad SMARTS) is 1. The minimum Gasteiger partial charge on any atom is -0.478 e. The van der Waals surface area contributed by atoms with E-state index in [1.807, 2.05) is 0 Å². The second-order valence-corrected chi connectivity index (χ2v) is 5.34. The number of primary amides is 1. The van der Waals surface area contributed by atoms with Crippen LogP contribution < -0.4 is 15.8 Å². The maximum atomic E-state index is 13.2. The number of nitrogens with two attached hydrogens (primary N) is 1. The summed E-state index contributed by atoms with van der Waals surface area (Å²) in [5.74, 6) is -4.25. The summed E-state index contributed by atoms with van der Waals surface area (Å²) in [6, 6.07) is 7.44. The topological polar surface area (TPSA) is 119 Å². The summed E-state index contributed by atoms with van der Waals surface area (Å²) in [5.41, 5.74) is 3.65. The van der Waals surface area contributed by atoms with Gasteiger partial charge in [0.15, 0.2) is 0 Å². The first-order chi connectivity index (χ1) is 13.0. The Bertz CT molecular complexity index is 934. The quantitative estimate of drug-likeness (QED) is 0.618. The Kier molecular flexibility index (Phi) is 5.87. The van der Waals surface area contributed by atoms with Crippen molar-refractivity contribution < 1.29 is 41.8 Å². The molecular weight excluding hydrogens is 388 g/mol. The number of nitrogens with one attached hydrogen (secondary N) is 1. The van der Waals surface area contributed by atoms with Crippen molar-refractivity contribution in [1.29, 1.82) is 0 Å². The summed E-state index contributed by atoms with van der Waals surface area (Å²) in [6.07, 6.45) is -8.91. The van der Waals surface area contributed by atoms with Crippen LogP contribution in [0.1, 0.15) is 31.1 Å². The van der Waals surface area contributed by atoms with Gasteiger partial charge in [-0.3, -0.25) is 9.59 Å². The lowest BCUT2D eigenvalue weighted by Crippen LogP contribution is -2.33. The third-order valence-electron chi connectivity index (χ3n) is 3.41. The zero-order chi connectivity index (χ0) is 21.1. The number of ether oxygens (including phenoxy) is 1. The summed E-state index contributed by atoms with van der Waals surface area (Å²) in [5, 5.41) is 11.1. The highest BCUT2D eigenvalue weighted by Crippen LogP contribution is 2.32. The fraction of sp³-hybridized carbons (Fsp3) is 0.118. The Morgan fingerprint density at radius 2 is 1.71 bits per heavy atom. The highest BCUT2D eigenvalue weighted by Gasteiger charge is 2.44. The predicted octanol–water partition coefficient (Wildman–Crippen LogP) is 2.97. The third-order valence-corrected chi connectivity index (χ3v) is 3.41. The molecule has 2 amide bonds. The second-order valence-electron chi connectivity index (χ2n) is 5.34. The van der Waals surface area contributed by atoms with E-state index in [2.05, 4.69) is 10.1 Å². The van der Waals surface area contributed by atoms with Gasteiger partial charge in [0.2, 0.25) is 5.91 Å². The lowest BCUT2D eigenvalue weighted by atomic mass is 10.0. The van der Waals surface area contributed by atoms with E-state index in [0.717, 1.165) is 30.3 Å². The molecule has 148 valence electrons. The number of alkyl halides is 4. The summed E-state index contributed by atoms with van der Waals surface area (Å²) < 4.78 is 55.0. The second kappa shape index (κ2) is 7.94. The summed E-state index contributed by atoms with van der Waals surface area (Å²) in [4.78, 5) is 34.9. The number of hydrogen-bond donors (Lipinski definition) is 3. The summed E-state index contributed by atoms with van der Waals surface area (Å²) >= 11 is 0. The number of hydrogen-bond acceptors (Lipinski definition) is 4. The molecule has 2 aromatic rings. The van der Waals surface area contributed by atoms with Crippen molar-refractivity contribution in [2.24, 2.45) is 5.73 Å². The monoisotopic (exact) mass is 400 g/mol. The Morgan fingerprint density at radius 3 is 2.29 bits per heavy atom. The van der Waals surface area contributed by atoms with Crippen LogP contribution in [0.25, 0.3) is 0 Å². The molecule has 2 aromatic carbocycles. The SMILES string of the molecule is NC(=O)c1cc(C(=O)O)ccc1C(=O)Nc1ccccc1OC(F)(F)C(F)F. The Balaban J connectivity index is 2.36. The number of para-hydroxylation sites is 2. The maximum Gasteiger partial charge on any atom is 0.461 e. The third kappa shape index (κ3) is 4.55. The van der Waals surface area contributed by atoms with Gasteiger partial charge in [0.25, 0.3) is 5.91 Å². The van der Waals surface area contributed by atoms with E-state index in [1.54, 1.807) is 0 Å². The first-order valence-electron chi connectivity index (χ1n) is 7.45.